The van der Waals surface area contributed by atoms with Crippen molar-refractivity contribution in [3.05, 3.63) is 72.1 Å². The fourth-order valence-electron chi connectivity index (χ4n) is 3.24. The Morgan fingerprint density at radius 2 is 1.88 bits per heavy atom. The number of fused-ring (bicyclic) bond motifs is 1. The van der Waals surface area contributed by atoms with Gasteiger partial charge in [0.1, 0.15) is 11.3 Å². The molecule has 0 saturated heterocycles. The quantitative estimate of drug-likeness (QED) is 0.377. The number of hydrogen-bond acceptors (Lipinski definition) is 7. The molecule has 0 radical (unpaired) electrons. The van der Waals surface area contributed by atoms with Crippen LogP contribution < -0.4 is 9.64 Å². The van der Waals surface area contributed by atoms with E-state index in [-0.39, 0.29) is 5.91 Å². The molecule has 8 nitrogen and oxygen atoms in total. The lowest BCUT2D eigenvalue weighted by Crippen LogP contribution is -2.34. The Hall–Kier alpha value is -3.72. The van der Waals surface area contributed by atoms with Crippen LogP contribution in [0.25, 0.3) is 10.2 Å². The molecular formula is C23H22N4O4S. The number of rotatable bonds is 8. The van der Waals surface area contributed by atoms with Crippen LogP contribution in [-0.4, -0.2) is 46.9 Å². The van der Waals surface area contributed by atoms with Crippen molar-refractivity contribution >= 4 is 38.6 Å². The maximum atomic E-state index is 13.5. The van der Waals surface area contributed by atoms with Crippen molar-refractivity contribution in [1.82, 2.24) is 14.8 Å². The highest BCUT2D eigenvalue weighted by Crippen LogP contribution is 2.34. The van der Waals surface area contributed by atoms with E-state index in [4.69, 9.17) is 14.5 Å². The van der Waals surface area contributed by atoms with Crippen LogP contribution in [0, 0.1) is 0 Å². The molecule has 0 unspecified atom stereocenters. The molecule has 4 rings (SSSR count). The lowest BCUT2D eigenvalue weighted by molar-refractivity contribution is 0.0600. The first kappa shape index (κ1) is 21.5. The molecule has 0 spiro atoms. The van der Waals surface area contributed by atoms with Crippen LogP contribution in [0.2, 0.25) is 0 Å². The van der Waals surface area contributed by atoms with Gasteiger partial charge in [-0.25, -0.2) is 9.78 Å². The van der Waals surface area contributed by atoms with Gasteiger partial charge in [-0.3, -0.25) is 14.4 Å². The van der Waals surface area contributed by atoms with Crippen molar-refractivity contribution in [2.24, 2.45) is 0 Å². The fraction of sp³-hybridized carbons (Fsp3) is 0.217. The maximum Gasteiger partial charge on any atom is 0.337 e. The van der Waals surface area contributed by atoms with Gasteiger partial charge in [-0.15, -0.1) is 0 Å². The van der Waals surface area contributed by atoms with Crippen molar-refractivity contribution in [1.29, 1.82) is 0 Å². The molecule has 1 amide bonds. The minimum absolute atomic E-state index is 0.217. The number of ether oxygens (including phenoxy) is 2. The van der Waals surface area contributed by atoms with Gasteiger partial charge >= 0.3 is 5.97 Å². The number of amides is 1. The number of nitrogens with zero attached hydrogens (tertiary/aromatic N) is 4. The van der Waals surface area contributed by atoms with Crippen LogP contribution in [0.5, 0.6) is 5.75 Å². The molecule has 0 aliphatic heterocycles. The van der Waals surface area contributed by atoms with E-state index >= 15 is 0 Å². The standard InChI is InChI=1S/C23H22N4O4S/c1-3-31-18-6-4-7-19-20(18)25-23(32-19)27(15-14-26-13-5-12-24-26)21(28)16-8-10-17(11-9-16)22(29)30-2/h4-13H,3,14-15H2,1-2H3. The van der Waals surface area contributed by atoms with Crippen molar-refractivity contribution in [3.8, 4) is 5.75 Å². The molecule has 0 N–H and O–H groups in total. The number of para-hydroxylation sites is 1. The summed E-state index contributed by atoms with van der Waals surface area (Å²) in [6.45, 7) is 3.33. The number of methoxy groups -OCH3 is 1. The topological polar surface area (TPSA) is 86.6 Å². The summed E-state index contributed by atoms with van der Waals surface area (Å²) in [6, 6.07) is 14.0. The Kier molecular flexibility index (Phi) is 6.46. The third-order valence-corrected chi connectivity index (χ3v) is 5.86. The monoisotopic (exact) mass is 450 g/mol. The Morgan fingerprint density at radius 3 is 2.56 bits per heavy atom. The van der Waals surface area contributed by atoms with Gasteiger partial charge in [0.15, 0.2) is 5.13 Å². The van der Waals surface area contributed by atoms with Gasteiger partial charge in [-0.05, 0) is 49.4 Å². The van der Waals surface area contributed by atoms with Crippen LogP contribution in [0.1, 0.15) is 27.6 Å². The molecule has 2 aromatic carbocycles. The Balaban J connectivity index is 1.68. The summed E-state index contributed by atoms with van der Waals surface area (Å²) in [6.07, 6.45) is 3.54. The predicted octanol–water partition coefficient (Wildman–Crippen LogP) is 4.03. The summed E-state index contributed by atoms with van der Waals surface area (Å²) in [5, 5.41) is 4.80. The van der Waals surface area contributed by atoms with Gasteiger partial charge in [-0.2, -0.15) is 5.10 Å². The smallest absolute Gasteiger partial charge is 0.337 e. The van der Waals surface area contributed by atoms with Crippen LogP contribution >= 0.6 is 11.3 Å². The summed E-state index contributed by atoms with van der Waals surface area (Å²) >= 11 is 1.43. The van der Waals surface area contributed by atoms with E-state index in [9.17, 15) is 9.59 Å². The molecule has 2 aromatic heterocycles. The van der Waals surface area contributed by atoms with Crippen molar-refractivity contribution < 1.29 is 19.1 Å². The summed E-state index contributed by atoms with van der Waals surface area (Å²) in [5.41, 5.74) is 1.56. The number of carbonyl (C=O) groups excluding carboxylic acids is 2. The molecule has 0 fully saturated rings. The molecular weight excluding hydrogens is 428 g/mol. The SMILES string of the molecule is CCOc1cccc2sc(N(CCn3cccn3)C(=O)c3ccc(C(=O)OC)cc3)nc12. The maximum absolute atomic E-state index is 13.5. The van der Waals surface area contributed by atoms with Gasteiger partial charge in [0, 0.05) is 24.5 Å². The Labute approximate surface area is 189 Å². The molecule has 2 heterocycles. The van der Waals surface area contributed by atoms with Crippen LogP contribution in [0.3, 0.4) is 0 Å². The highest BCUT2D eigenvalue weighted by atomic mass is 32.1. The lowest BCUT2D eigenvalue weighted by atomic mass is 10.1. The lowest BCUT2D eigenvalue weighted by Gasteiger charge is -2.20. The number of thiazole rings is 1. The van der Waals surface area contributed by atoms with Crippen LogP contribution in [0.4, 0.5) is 5.13 Å². The zero-order valence-corrected chi connectivity index (χ0v) is 18.5. The van der Waals surface area contributed by atoms with Gasteiger partial charge in [0.05, 0.1) is 30.5 Å². The zero-order chi connectivity index (χ0) is 22.5. The second kappa shape index (κ2) is 9.61. The first-order valence-corrected chi connectivity index (χ1v) is 10.9. The van der Waals surface area contributed by atoms with Gasteiger partial charge in [0.2, 0.25) is 0 Å². The molecule has 0 aliphatic rings. The highest BCUT2D eigenvalue weighted by Gasteiger charge is 2.23. The second-order valence-electron chi connectivity index (χ2n) is 6.83. The number of hydrogen-bond donors (Lipinski definition) is 0. The van der Waals surface area contributed by atoms with E-state index in [0.29, 0.717) is 41.7 Å². The molecule has 0 atom stereocenters. The van der Waals surface area contributed by atoms with E-state index in [1.165, 1.54) is 18.4 Å². The van der Waals surface area contributed by atoms with Crippen molar-refractivity contribution in [2.45, 2.75) is 13.5 Å². The number of aromatic nitrogens is 3. The van der Waals surface area contributed by atoms with E-state index in [1.54, 1.807) is 40.0 Å². The van der Waals surface area contributed by atoms with E-state index in [2.05, 4.69) is 5.10 Å². The fourth-order valence-corrected chi connectivity index (χ4v) is 4.25. The Bertz CT molecular complexity index is 1220. The predicted molar refractivity (Wildman–Crippen MR) is 122 cm³/mol. The Morgan fingerprint density at radius 1 is 1.09 bits per heavy atom. The van der Waals surface area contributed by atoms with Gasteiger partial charge in [-0.1, -0.05) is 17.4 Å². The summed E-state index contributed by atoms with van der Waals surface area (Å²) in [7, 11) is 1.32. The summed E-state index contributed by atoms with van der Waals surface area (Å²) in [5.74, 6) is 0.0224. The average molecular weight is 451 g/mol. The zero-order valence-electron chi connectivity index (χ0n) is 17.7. The van der Waals surface area contributed by atoms with Gasteiger partial charge < -0.3 is 9.47 Å². The molecule has 0 saturated carbocycles. The highest BCUT2D eigenvalue weighted by molar-refractivity contribution is 7.22. The molecule has 4 aromatic rings. The molecule has 0 aliphatic carbocycles. The van der Waals surface area contributed by atoms with Crippen molar-refractivity contribution in [3.63, 3.8) is 0 Å². The number of benzene rings is 2. The third-order valence-electron chi connectivity index (χ3n) is 4.81. The number of anilines is 1. The van der Waals surface area contributed by atoms with Crippen molar-refractivity contribution in [2.75, 3.05) is 25.2 Å². The number of esters is 1. The van der Waals surface area contributed by atoms with Crippen LogP contribution in [-0.2, 0) is 11.3 Å². The summed E-state index contributed by atoms with van der Waals surface area (Å²) < 4.78 is 13.1. The number of carbonyl (C=O) groups is 2. The second-order valence-corrected chi connectivity index (χ2v) is 7.84. The van der Waals surface area contributed by atoms with E-state index in [1.807, 2.05) is 37.4 Å². The third kappa shape index (κ3) is 4.47. The molecule has 9 heteroatoms. The van der Waals surface area contributed by atoms with E-state index in [0.717, 1.165) is 10.2 Å². The largest absolute Gasteiger partial charge is 0.492 e. The first-order chi connectivity index (χ1) is 15.6. The minimum atomic E-state index is -0.450. The van der Waals surface area contributed by atoms with E-state index < -0.39 is 5.97 Å². The summed E-state index contributed by atoms with van der Waals surface area (Å²) in [4.78, 5) is 31.5. The normalized spacial score (nSPS) is 10.8. The van der Waals surface area contributed by atoms with Crippen LogP contribution in [0.15, 0.2) is 60.9 Å². The molecule has 32 heavy (non-hydrogen) atoms. The molecule has 0 bridgehead atoms. The minimum Gasteiger partial charge on any atom is -0.492 e. The average Bonchev–Trinajstić information content (AvgIpc) is 3.49. The molecule has 164 valence electrons. The van der Waals surface area contributed by atoms with Gasteiger partial charge in [0.25, 0.3) is 5.91 Å². The first-order valence-electron chi connectivity index (χ1n) is 10.1.